The minimum atomic E-state index is -1.86. The first-order chi connectivity index (χ1) is 36.8. The number of carbonyl (C=O) groups is 3. The van der Waals surface area contributed by atoms with Crippen molar-refractivity contribution in [2.75, 3.05) is 27.4 Å². The zero-order valence-corrected chi connectivity index (χ0v) is 46.1. The molecule has 4 aliphatic carbocycles. The lowest BCUT2D eigenvalue weighted by molar-refractivity contribution is -0.384. The maximum absolute atomic E-state index is 13.6. The molecule has 0 aromatic heterocycles. The van der Waals surface area contributed by atoms with Gasteiger partial charge in [0.25, 0.3) is 0 Å². The van der Waals surface area contributed by atoms with E-state index in [1.807, 2.05) is 6.92 Å². The lowest BCUT2D eigenvalue weighted by Gasteiger charge is -2.64. The predicted octanol–water partition coefficient (Wildman–Crippen LogP) is -0.651. The average molecular weight is 1120 g/mol. The minimum Gasteiger partial charge on any atom is -0.458 e. The SMILES string of the molecule is C/C=C(\C)C(=O)O[C@@H]1[C@@H](OC(C)=O)[C@H]2[C@@H](CC=C3C[C@@H](O[C@H]4C[C@@H](OC)[C@H](O[C@@H]5OC(C)[C@@H](O[C@@H]6OC(CO)[C@@H](O[C@@H]7OC(CO)[C@@H](O)[C@H](O)C7O)[C@H](O)C6O)[C@H](OC)C5O)C(C)O4)CC[C@@]32C)[C@@]2(O)CC[C@H](C(C)=O)[C@@]12C. The number of Topliss-reactive ketones (excluding diaryl/α,β-unsaturated/α-hetero) is 1. The number of esters is 2. The summed E-state index contributed by atoms with van der Waals surface area (Å²) in [7, 11) is 2.84. The van der Waals surface area contributed by atoms with Gasteiger partial charge in [-0.25, -0.2) is 4.79 Å². The number of ether oxygens (including phenoxy) is 12. The molecule has 4 aliphatic heterocycles. The molecule has 3 saturated carbocycles. The van der Waals surface area contributed by atoms with E-state index in [0.29, 0.717) is 44.1 Å². The van der Waals surface area contributed by atoms with Gasteiger partial charge in [-0.1, -0.05) is 31.6 Å². The van der Waals surface area contributed by atoms with Crippen LogP contribution < -0.4 is 0 Å². The van der Waals surface area contributed by atoms with E-state index in [4.69, 9.17) is 56.8 Å². The van der Waals surface area contributed by atoms with Crippen LogP contribution in [-0.4, -0.2) is 232 Å². The molecule has 0 aromatic rings. The molecule has 8 aliphatic rings. The number of aliphatic hydroxyl groups is 9. The van der Waals surface area contributed by atoms with Crippen molar-refractivity contribution in [3.8, 4) is 0 Å². The Morgan fingerprint density at radius 3 is 1.92 bits per heavy atom. The molecule has 8 rings (SSSR count). The second kappa shape index (κ2) is 24.3. The van der Waals surface area contributed by atoms with Crippen molar-refractivity contribution in [1.29, 1.82) is 0 Å². The van der Waals surface area contributed by atoms with Crippen LogP contribution in [0.25, 0.3) is 0 Å². The summed E-state index contributed by atoms with van der Waals surface area (Å²) < 4.78 is 73.1. The fraction of sp³-hybridized carbons (Fsp3) is 0.870. The van der Waals surface area contributed by atoms with Gasteiger partial charge in [-0.15, -0.1) is 0 Å². The molecule has 0 aromatic carbocycles. The first-order valence-electron chi connectivity index (χ1n) is 27.4. The second-order valence-electron chi connectivity index (χ2n) is 23.2. The van der Waals surface area contributed by atoms with Gasteiger partial charge in [0.15, 0.2) is 25.2 Å². The van der Waals surface area contributed by atoms with Crippen LogP contribution in [0, 0.1) is 28.6 Å². The van der Waals surface area contributed by atoms with E-state index in [-0.39, 0.29) is 18.3 Å². The van der Waals surface area contributed by atoms with Crippen molar-refractivity contribution in [2.24, 2.45) is 28.6 Å². The van der Waals surface area contributed by atoms with Gasteiger partial charge in [0.1, 0.15) is 91.2 Å². The molecule has 4 saturated heterocycles. The van der Waals surface area contributed by atoms with Crippen LogP contribution in [0.2, 0.25) is 0 Å². The van der Waals surface area contributed by atoms with Crippen molar-refractivity contribution in [3.63, 3.8) is 0 Å². The fourth-order valence-electron chi connectivity index (χ4n) is 14.5. The zero-order chi connectivity index (χ0) is 57.1. The van der Waals surface area contributed by atoms with Gasteiger partial charge in [-0.3, -0.25) is 9.59 Å². The number of aliphatic hydroxyl groups excluding tert-OH is 8. The molecule has 0 amide bonds. The number of hydrogen-bond donors (Lipinski definition) is 9. The molecule has 78 heavy (non-hydrogen) atoms. The number of carbonyl (C=O) groups excluding carboxylic acids is 3. The van der Waals surface area contributed by atoms with Crippen molar-refractivity contribution >= 4 is 17.7 Å². The van der Waals surface area contributed by atoms with Crippen LogP contribution in [0.15, 0.2) is 23.3 Å². The first-order valence-corrected chi connectivity index (χ1v) is 27.4. The normalized spacial score (nSPS) is 49.7. The molecular formula is C54H84O24. The number of rotatable bonds is 16. The molecule has 7 fully saturated rings. The maximum atomic E-state index is 13.6. The molecule has 4 heterocycles. The van der Waals surface area contributed by atoms with E-state index in [1.165, 1.54) is 28.1 Å². The topological polar surface area (TPSA) is 344 Å². The standard InChI is InChI=1S/C54H84O24/c1-11-22(2)48(65)78-47-45(71-26(6)58)35-30(54(66)17-15-29(23(3)57)53(47,54)8)13-12-27-18-28(14-16-52(27,35)7)72-34-19-31(67-9)42(24(4)69-34)75-51-41(64)46(68-10)43(25(5)70-51)76-50-40(63)38(61)44(33(21-56)74-50)77-49-39(62)37(60)36(59)32(20-55)73-49/h11-12,24-25,28-47,49-51,55-56,59-64,66H,13-21H2,1-10H3/b22-11+/t24?,25?,28-,29+,30+,31+,32?,33?,34-,35+,36+,37-,38+,39?,40?,41?,42+,43+,44+,45-,46+,47+,49-,50-,51-,52-,53-,54-/m0/s1. The summed E-state index contributed by atoms with van der Waals surface area (Å²) in [5.74, 6) is -2.84. The van der Waals surface area contributed by atoms with Crippen molar-refractivity contribution in [2.45, 2.75) is 241 Å². The van der Waals surface area contributed by atoms with E-state index in [0.717, 1.165) is 5.57 Å². The van der Waals surface area contributed by atoms with Gasteiger partial charge in [0.05, 0.1) is 43.2 Å². The van der Waals surface area contributed by atoms with E-state index in [9.17, 15) is 60.3 Å². The Labute approximate surface area is 454 Å². The zero-order valence-electron chi connectivity index (χ0n) is 46.1. The number of allylic oxidation sites excluding steroid dienone is 2. The predicted molar refractivity (Wildman–Crippen MR) is 265 cm³/mol. The highest BCUT2D eigenvalue weighted by Gasteiger charge is 2.75. The fourth-order valence-corrected chi connectivity index (χ4v) is 14.5. The average Bonchev–Trinajstić information content (AvgIpc) is 2.85. The van der Waals surface area contributed by atoms with E-state index >= 15 is 0 Å². The lowest BCUT2D eigenvalue weighted by Crippen LogP contribution is -2.72. The molecular weight excluding hydrogens is 1030 g/mol. The lowest BCUT2D eigenvalue weighted by atomic mass is 9.44. The van der Waals surface area contributed by atoms with Crippen LogP contribution in [-0.2, 0) is 71.2 Å². The summed E-state index contributed by atoms with van der Waals surface area (Å²) in [5, 5.41) is 98.0. The van der Waals surface area contributed by atoms with Gasteiger partial charge < -0.3 is 103 Å². The largest absolute Gasteiger partial charge is 0.458 e. The molecule has 7 unspecified atom stereocenters. The third-order valence-corrected chi connectivity index (χ3v) is 18.9. The third kappa shape index (κ3) is 10.9. The highest BCUT2D eigenvalue weighted by molar-refractivity contribution is 5.88. The van der Waals surface area contributed by atoms with E-state index in [2.05, 4.69) is 13.0 Å². The highest BCUT2D eigenvalue weighted by atomic mass is 16.8. The minimum absolute atomic E-state index is 0.130. The number of hydrogen-bond acceptors (Lipinski definition) is 24. The van der Waals surface area contributed by atoms with Crippen molar-refractivity contribution in [3.05, 3.63) is 23.3 Å². The Hall–Kier alpha value is -2.67. The van der Waals surface area contributed by atoms with Gasteiger partial charge in [-0.2, -0.15) is 0 Å². The summed E-state index contributed by atoms with van der Waals surface area (Å²) in [6, 6.07) is 0. The van der Waals surface area contributed by atoms with Gasteiger partial charge >= 0.3 is 11.9 Å². The summed E-state index contributed by atoms with van der Waals surface area (Å²) in [6.07, 6.45) is -21.3. The van der Waals surface area contributed by atoms with Crippen LogP contribution in [0.3, 0.4) is 0 Å². The summed E-state index contributed by atoms with van der Waals surface area (Å²) >= 11 is 0. The van der Waals surface area contributed by atoms with Gasteiger partial charge in [0, 0.05) is 50.4 Å². The smallest absolute Gasteiger partial charge is 0.333 e. The van der Waals surface area contributed by atoms with Crippen LogP contribution in [0.4, 0.5) is 0 Å². The Morgan fingerprint density at radius 2 is 1.31 bits per heavy atom. The molecule has 0 radical (unpaired) electrons. The number of fused-ring (bicyclic) bond motifs is 5. The first kappa shape index (κ1) is 61.4. The Balaban J connectivity index is 0.910. The molecule has 9 N–H and O–H groups in total. The highest BCUT2D eigenvalue weighted by Crippen LogP contribution is 2.69. The maximum Gasteiger partial charge on any atom is 0.333 e. The van der Waals surface area contributed by atoms with Crippen molar-refractivity contribution in [1.82, 2.24) is 0 Å². The van der Waals surface area contributed by atoms with E-state index in [1.54, 1.807) is 33.8 Å². The monoisotopic (exact) mass is 1120 g/mol. The quantitative estimate of drug-likeness (QED) is 0.0527. The molecule has 0 spiro atoms. The second-order valence-corrected chi connectivity index (χ2v) is 23.2. The molecule has 24 heteroatoms. The summed E-state index contributed by atoms with van der Waals surface area (Å²) in [5.41, 5.74) is -1.90. The Kier molecular flexibility index (Phi) is 19.1. The summed E-state index contributed by atoms with van der Waals surface area (Å²) in [6.45, 7) is 11.9. The Bertz CT molecular complexity index is 2180. The summed E-state index contributed by atoms with van der Waals surface area (Å²) in [4.78, 5) is 40.0. The van der Waals surface area contributed by atoms with Crippen LogP contribution in [0.1, 0.15) is 100 Å². The van der Waals surface area contributed by atoms with Gasteiger partial charge in [0.2, 0.25) is 0 Å². The third-order valence-electron chi connectivity index (χ3n) is 18.9. The van der Waals surface area contributed by atoms with Crippen molar-refractivity contribution < 1.29 is 117 Å². The van der Waals surface area contributed by atoms with Gasteiger partial charge in [-0.05, 0) is 84.5 Å². The van der Waals surface area contributed by atoms with Crippen LogP contribution in [0.5, 0.6) is 0 Å². The molecule has 28 atom stereocenters. The number of ketones is 1. The number of methoxy groups -OCH3 is 2. The molecule has 24 nitrogen and oxygen atoms in total. The Morgan fingerprint density at radius 1 is 0.692 bits per heavy atom. The van der Waals surface area contributed by atoms with E-state index < -0.39 is 188 Å². The van der Waals surface area contributed by atoms with Crippen LogP contribution >= 0.6 is 0 Å². The molecule has 0 bridgehead atoms. The molecule has 444 valence electrons.